The number of halogens is 4. The maximum absolute atomic E-state index is 14.5. The molecule has 40 heavy (non-hydrogen) atoms. The Bertz CT molecular complexity index is 1550. The smallest absolute Gasteiger partial charge is 0.374 e. The molecule has 2 N–H and O–H groups in total. The lowest BCUT2D eigenvalue weighted by molar-refractivity contribution is -0.275. The maximum Gasteiger partial charge on any atom is 0.435 e. The second-order valence-corrected chi connectivity index (χ2v) is 10.8. The lowest BCUT2D eigenvalue weighted by Gasteiger charge is -2.30. The summed E-state index contributed by atoms with van der Waals surface area (Å²) in [6, 6.07) is 16.7. The van der Waals surface area contributed by atoms with Crippen LogP contribution in [0, 0.1) is 21.8 Å². The highest BCUT2D eigenvalue weighted by molar-refractivity contribution is 14.1. The molecule has 0 aliphatic carbocycles. The summed E-state index contributed by atoms with van der Waals surface area (Å²) >= 11 is 1.98. The third-order valence-corrected chi connectivity index (χ3v) is 7.28. The number of carbonyl (C=O) groups excluding carboxylic acids is 2. The van der Waals surface area contributed by atoms with Crippen molar-refractivity contribution >= 4 is 45.8 Å². The van der Waals surface area contributed by atoms with E-state index in [-0.39, 0.29) is 34.1 Å². The molecule has 2 amide bonds. The number of rotatable bonds is 6. The number of carbonyl (C=O) groups is 2. The average molecular weight is 660 g/mol. The summed E-state index contributed by atoms with van der Waals surface area (Å²) in [6.07, 6.45) is -5.37. The fraction of sp³-hybridized carbons (Fsp3) is 0.241. The van der Waals surface area contributed by atoms with Crippen LogP contribution >= 0.6 is 22.6 Å². The van der Waals surface area contributed by atoms with E-state index in [2.05, 4.69) is 15.8 Å². The summed E-state index contributed by atoms with van der Waals surface area (Å²) in [4.78, 5) is 31.1. The fourth-order valence-electron chi connectivity index (χ4n) is 4.32. The van der Waals surface area contributed by atoms with Gasteiger partial charge in [0.05, 0.1) is 28.5 Å². The van der Waals surface area contributed by atoms with E-state index in [9.17, 15) is 22.8 Å². The highest BCUT2D eigenvalue weighted by Gasteiger charge is 2.62. The van der Waals surface area contributed by atoms with Crippen molar-refractivity contribution in [1.29, 1.82) is 5.26 Å². The first-order valence-electron chi connectivity index (χ1n) is 12.2. The van der Waals surface area contributed by atoms with Crippen LogP contribution in [-0.2, 0) is 10.4 Å². The van der Waals surface area contributed by atoms with Crippen LogP contribution in [0.25, 0.3) is 0 Å². The fourth-order valence-corrected chi connectivity index (χ4v) is 5.06. The number of hydrogen-bond donors (Lipinski definition) is 2. The van der Waals surface area contributed by atoms with Crippen molar-refractivity contribution in [3.8, 4) is 6.07 Å². The Kier molecular flexibility index (Phi) is 8.20. The zero-order chi connectivity index (χ0) is 29.2. The molecule has 0 bridgehead atoms. The van der Waals surface area contributed by atoms with Gasteiger partial charge < -0.3 is 15.5 Å². The molecule has 1 atom stereocenters. The monoisotopic (exact) mass is 660 g/mol. The molecule has 1 unspecified atom stereocenters. The summed E-state index contributed by atoms with van der Waals surface area (Å²) < 4.78 is 44.0. The SMILES string of the molecule is Cc1cc(C2(C(F)(F)F)CC(c3ccc(C#N)cc3)=NO2)ccc1NC(=O)c1cccc(I)c1C(=O)NC(C)C. The summed E-state index contributed by atoms with van der Waals surface area (Å²) in [5.74, 6) is -0.974. The first kappa shape index (κ1) is 29.1. The van der Waals surface area contributed by atoms with E-state index in [0.29, 0.717) is 20.3 Å². The molecule has 3 aromatic carbocycles. The number of oxime groups is 1. The van der Waals surface area contributed by atoms with E-state index in [1.165, 1.54) is 48.5 Å². The first-order valence-corrected chi connectivity index (χ1v) is 13.3. The number of alkyl halides is 3. The van der Waals surface area contributed by atoms with Crippen LogP contribution in [0.2, 0.25) is 0 Å². The molecule has 1 aliphatic rings. The molecule has 1 aliphatic heterocycles. The predicted octanol–water partition coefficient (Wildman–Crippen LogP) is 6.44. The Hall–Kier alpha value is -3.92. The van der Waals surface area contributed by atoms with Gasteiger partial charge in [0, 0.05) is 27.3 Å². The maximum atomic E-state index is 14.5. The Balaban J connectivity index is 1.62. The van der Waals surface area contributed by atoms with Crippen LogP contribution in [-0.4, -0.2) is 29.7 Å². The molecule has 206 valence electrons. The van der Waals surface area contributed by atoms with E-state index in [0.717, 1.165) is 0 Å². The zero-order valence-corrected chi connectivity index (χ0v) is 23.8. The van der Waals surface area contributed by atoms with Crippen molar-refractivity contribution in [3.05, 3.63) is 97.6 Å². The minimum Gasteiger partial charge on any atom is -0.374 e. The molecule has 0 radical (unpaired) electrons. The van der Waals surface area contributed by atoms with Crippen LogP contribution in [0.5, 0.6) is 0 Å². The van der Waals surface area contributed by atoms with Crippen LogP contribution in [0.1, 0.15) is 63.2 Å². The van der Waals surface area contributed by atoms with Gasteiger partial charge in [0.25, 0.3) is 17.4 Å². The zero-order valence-electron chi connectivity index (χ0n) is 21.7. The van der Waals surface area contributed by atoms with E-state index in [4.69, 9.17) is 10.1 Å². The number of nitrogens with one attached hydrogen (secondary N) is 2. The van der Waals surface area contributed by atoms with Gasteiger partial charge in [-0.1, -0.05) is 29.4 Å². The number of amides is 2. The van der Waals surface area contributed by atoms with Crippen LogP contribution in [0.4, 0.5) is 18.9 Å². The molecule has 0 spiro atoms. The van der Waals surface area contributed by atoms with Gasteiger partial charge in [-0.3, -0.25) is 9.59 Å². The summed E-state index contributed by atoms with van der Waals surface area (Å²) in [6.45, 7) is 5.18. The quantitative estimate of drug-likeness (QED) is 0.297. The minimum atomic E-state index is -4.80. The number of aryl methyl sites for hydroxylation is 1. The Labute approximate surface area is 242 Å². The predicted molar refractivity (Wildman–Crippen MR) is 152 cm³/mol. The third-order valence-electron chi connectivity index (χ3n) is 6.38. The van der Waals surface area contributed by atoms with Crippen molar-refractivity contribution in [2.75, 3.05) is 5.32 Å². The molecule has 7 nitrogen and oxygen atoms in total. The van der Waals surface area contributed by atoms with Crippen LogP contribution in [0.3, 0.4) is 0 Å². The van der Waals surface area contributed by atoms with Gasteiger partial charge >= 0.3 is 6.18 Å². The van der Waals surface area contributed by atoms with Gasteiger partial charge in [0.15, 0.2) is 0 Å². The van der Waals surface area contributed by atoms with Crippen LogP contribution < -0.4 is 10.6 Å². The van der Waals surface area contributed by atoms with Crippen molar-refractivity contribution in [2.24, 2.45) is 5.16 Å². The van der Waals surface area contributed by atoms with Gasteiger partial charge in [-0.05, 0) is 90.9 Å². The van der Waals surface area contributed by atoms with Gasteiger partial charge in [-0.2, -0.15) is 18.4 Å². The van der Waals surface area contributed by atoms with Gasteiger partial charge in [-0.15, -0.1) is 0 Å². The van der Waals surface area contributed by atoms with Gasteiger partial charge in [-0.25, -0.2) is 0 Å². The largest absolute Gasteiger partial charge is 0.435 e. The highest BCUT2D eigenvalue weighted by Crippen LogP contribution is 2.49. The molecular formula is C29H24F3IN4O3. The van der Waals surface area contributed by atoms with Crippen molar-refractivity contribution in [3.63, 3.8) is 0 Å². The first-order chi connectivity index (χ1) is 18.9. The molecule has 3 aromatic rings. The molecule has 0 saturated carbocycles. The third kappa shape index (κ3) is 5.67. The summed E-state index contributed by atoms with van der Waals surface area (Å²) in [5, 5.41) is 18.2. The van der Waals surface area contributed by atoms with Gasteiger partial charge in [0.2, 0.25) is 0 Å². The van der Waals surface area contributed by atoms with E-state index in [1.807, 2.05) is 28.7 Å². The molecule has 1 heterocycles. The molecule has 0 fully saturated rings. The number of benzene rings is 3. The lowest BCUT2D eigenvalue weighted by Crippen LogP contribution is -2.42. The topological polar surface area (TPSA) is 104 Å². The number of nitriles is 1. The molecule has 0 saturated heterocycles. The Morgan fingerprint density at radius 1 is 1.10 bits per heavy atom. The standard InChI is InChI=1S/C29H24F3IN4O3/c1-16(2)35-27(39)25-21(5-4-6-22(25)33)26(38)36-23-12-11-20(13-17(23)3)28(29(30,31)32)14-24(37-40-28)19-9-7-18(15-34)8-10-19/h4-13,16H,14H2,1-3H3,(H,35,39)(H,36,38). The van der Waals surface area contributed by atoms with Crippen LogP contribution in [0.15, 0.2) is 65.8 Å². The van der Waals surface area contributed by atoms with Crippen molar-refractivity contribution in [1.82, 2.24) is 5.32 Å². The Morgan fingerprint density at radius 2 is 1.80 bits per heavy atom. The number of anilines is 1. The lowest BCUT2D eigenvalue weighted by atomic mass is 9.85. The van der Waals surface area contributed by atoms with E-state index >= 15 is 0 Å². The Morgan fingerprint density at radius 3 is 2.40 bits per heavy atom. The second-order valence-electron chi connectivity index (χ2n) is 9.59. The van der Waals surface area contributed by atoms with E-state index in [1.54, 1.807) is 32.9 Å². The average Bonchev–Trinajstić information content (AvgIpc) is 3.36. The molecule has 4 rings (SSSR count). The summed E-state index contributed by atoms with van der Waals surface area (Å²) in [7, 11) is 0. The number of hydrogen-bond acceptors (Lipinski definition) is 5. The molecular weight excluding hydrogens is 636 g/mol. The normalized spacial score (nSPS) is 16.6. The van der Waals surface area contributed by atoms with Gasteiger partial charge in [0.1, 0.15) is 0 Å². The molecule has 11 heteroatoms. The highest BCUT2D eigenvalue weighted by atomic mass is 127. The van der Waals surface area contributed by atoms with Crippen molar-refractivity contribution in [2.45, 2.75) is 45.0 Å². The number of nitrogens with zero attached hydrogens (tertiary/aromatic N) is 2. The summed E-state index contributed by atoms with van der Waals surface area (Å²) in [5.41, 5.74) is -1.00. The minimum absolute atomic E-state index is 0.0998. The second kappa shape index (κ2) is 11.3. The molecule has 0 aromatic heterocycles. The van der Waals surface area contributed by atoms with E-state index < -0.39 is 30.0 Å². The van der Waals surface area contributed by atoms with Crippen molar-refractivity contribution < 1.29 is 27.6 Å².